The van der Waals surface area contributed by atoms with Gasteiger partial charge in [0.2, 0.25) is 0 Å². The lowest BCUT2D eigenvalue weighted by molar-refractivity contribution is -0.141. The highest BCUT2D eigenvalue weighted by atomic mass is 16.4. The van der Waals surface area contributed by atoms with Crippen LogP contribution in [0.3, 0.4) is 0 Å². The first-order valence-electron chi connectivity index (χ1n) is 9.04. The molecule has 22 heavy (non-hydrogen) atoms. The lowest BCUT2D eigenvalue weighted by atomic mass is 10.0. The first kappa shape index (κ1) is 23.2. The molecule has 0 radical (unpaired) electrons. The molecule has 1 N–H and O–H groups in total. The summed E-state index contributed by atoms with van der Waals surface area (Å²) in [5, 5.41) is 8.64. The zero-order chi connectivity index (χ0) is 17.1. The summed E-state index contributed by atoms with van der Waals surface area (Å²) in [6, 6.07) is 0. The molecule has 0 heterocycles. The van der Waals surface area contributed by atoms with Gasteiger partial charge in [-0.3, -0.25) is 4.79 Å². The third kappa shape index (κ3) is 21.3. The van der Waals surface area contributed by atoms with Crippen molar-refractivity contribution in [2.45, 2.75) is 90.9 Å². The summed E-state index contributed by atoms with van der Waals surface area (Å²) in [6.45, 7) is 11.3. The summed E-state index contributed by atoms with van der Waals surface area (Å²) in [4.78, 5) is 10.5. The monoisotopic (exact) mass is 310 g/mol. The molecule has 130 valence electrons. The van der Waals surface area contributed by atoms with E-state index in [0.29, 0.717) is 0 Å². The number of hydrogen-bond donors (Lipinski definition) is 1. The van der Waals surface area contributed by atoms with E-state index in [9.17, 15) is 4.79 Å². The fraction of sp³-hybridized carbons (Fsp3) is 0.750. The second-order valence-corrected chi connectivity index (χ2v) is 6.01. The smallest absolute Gasteiger partial charge is 0.306 e. The first-order valence-corrected chi connectivity index (χ1v) is 9.04. The molecule has 0 aromatic rings. The van der Waals surface area contributed by atoms with E-state index in [4.69, 9.17) is 5.11 Å². The maximum absolute atomic E-state index is 10.5. The van der Waals surface area contributed by atoms with Crippen LogP contribution in [-0.4, -0.2) is 11.1 Å². The summed E-state index contributed by atoms with van der Waals surface area (Å²) in [6.07, 6.45) is 18.4. The van der Waals surface area contributed by atoms with Crippen LogP contribution in [0.2, 0.25) is 0 Å². The fourth-order valence-corrected chi connectivity index (χ4v) is 2.11. The van der Waals surface area contributed by atoms with Gasteiger partial charge in [0, 0.05) is 0 Å². The fourth-order valence-electron chi connectivity index (χ4n) is 2.11. The lowest BCUT2D eigenvalue weighted by Crippen LogP contribution is -2.08. The van der Waals surface area contributed by atoms with Crippen LogP contribution >= 0.6 is 0 Å². The van der Waals surface area contributed by atoms with Crippen LogP contribution in [0, 0.1) is 5.92 Å². The van der Waals surface area contributed by atoms with Gasteiger partial charge in [-0.05, 0) is 32.1 Å². The van der Waals surface area contributed by atoms with Gasteiger partial charge in [-0.15, -0.1) is 13.2 Å². The van der Waals surface area contributed by atoms with Crippen LogP contribution in [0.25, 0.3) is 0 Å². The van der Waals surface area contributed by atoms with Crippen molar-refractivity contribution in [3.63, 3.8) is 0 Å². The number of unbranched alkanes of at least 4 members (excludes halogenated alkanes) is 9. The van der Waals surface area contributed by atoms with Crippen molar-refractivity contribution in [2.75, 3.05) is 0 Å². The van der Waals surface area contributed by atoms with E-state index in [-0.39, 0.29) is 5.92 Å². The normalized spacial score (nSPS) is 11.2. The van der Waals surface area contributed by atoms with E-state index in [1.54, 1.807) is 6.92 Å². The van der Waals surface area contributed by atoms with Crippen molar-refractivity contribution in [3.8, 4) is 0 Å². The summed E-state index contributed by atoms with van der Waals surface area (Å²) < 4.78 is 0. The van der Waals surface area contributed by atoms with Gasteiger partial charge >= 0.3 is 5.97 Å². The number of aliphatic carboxylic acids is 1. The molecule has 0 aromatic heterocycles. The Bertz CT molecular complexity index is 258. The van der Waals surface area contributed by atoms with E-state index in [0.717, 1.165) is 25.7 Å². The molecule has 0 saturated heterocycles. The van der Waals surface area contributed by atoms with Crippen LogP contribution in [0.4, 0.5) is 0 Å². The van der Waals surface area contributed by atoms with Gasteiger partial charge in [-0.2, -0.15) is 0 Å². The molecule has 0 aromatic carbocycles. The highest BCUT2D eigenvalue weighted by Crippen LogP contribution is 2.12. The van der Waals surface area contributed by atoms with Gasteiger partial charge in [-0.1, -0.05) is 70.9 Å². The average Bonchev–Trinajstić information content (AvgIpc) is 2.51. The molecule has 0 saturated carbocycles. The number of hydrogen-bond acceptors (Lipinski definition) is 1. The Kier molecular flexibility index (Phi) is 21.1. The summed E-state index contributed by atoms with van der Waals surface area (Å²) >= 11 is 0. The summed E-state index contributed by atoms with van der Waals surface area (Å²) in [7, 11) is 0. The molecule has 0 fully saturated rings. The highest BCUT2D eigenvalue weighted by molar-refractivity contribution is 5.69. The van der Waals surface area contributed by atoms with E-state index in [1.165, 1.54) is 51.4 Å². The average molecular weight is 311 g/mol. The molecular weight excluding hydrogens is 272 g/mol. The minimum absolute atomic E-state index is 0.178. The molecule has 2 nitrogen and oxygen atoms in total. The third-order valence-corrected chi connectivity index (χ3v) is 3.73. The maximum Gasteiger partial charge on any atom is 0.306 e. The molecule has 0 aliphatic rings. The van der Waals surface area contributed by atoms with Crippen molar-refractivity contribution < 1.29 is 9.90 Å². The standard InChI is InChI=1S/C12H22O2.C8H16/c1-3-4-5-6-7-8-9-10-11(2)12(13)14;1-3-5-7-8-6-4-2/h3,11H,1,4-10H2,2H3,(H,13,14);3H,1,4-8H2,2H3. The van der Waals surface area contributed by atoms with Gasteiger partial charge in [0.25, 0.3) is 0 Å². The Morgan fingerprint density at radius 3 is 1.82 bits per heavy atom. The predicted molar refractivity (Wildman–Crippen MR) is 98.3 cm³/mol. The SMILES string of the molecule is C=CCCCCCC.C=CCCCCCCCC(C)C(=O)O. The van der Waals surface area contributed by atoms with Gasteiger partial charge in [-0.25, -0.2) is 0 Å². The van der Waals surface area contributed by atoms with E-state index in [1.807, 2.05) is 12.2 Å². The Balaban J connectivity index is 0. The molecule has 0 spiro atoms. The van der Waals surface area contributed by atoms with Crippen LogP contribution in [0.15, 0.2) is 25.3 Å². The molecule has 1 atom stereocenters. The zero-order valence-corrected chi connectivity index (χ0v) is 15.0. The minimum Gasteiger partial charge on any atom is -0.481 e. The van der Waals surface area contributed by atoms with E-state index < -0.39 is 5.97 Å². The number of carboxylic acids is 1. The van der Waals surface area contributed by atoms with Crippen LogP contribution < -0.4 is 0 Å². The van der Waals surface area contributed by atoms with Crippen molar-refractivity contribution in [2.24, 2.45) is 5.92 Å². The lowest BCUT2D eigenvalue weighted by Gasteiger charge is -2.04. The predicted octanol–water partition coefficient (Wildman–Crippen LogP) is 6.77. The molecule has 0 amide bonds. The van der Waals surface area contributed by atoms with Crippen molar-refractivity contribution >= 4 is 5.97 Å². The Morgan fingerprint density at radius 1 is 0.909 bits per heavy atom. The van der Waals surface area contributed by atoms with Gasteiger partial charge < -0.3 is 5.11 Å². The number of allylic oxidation sites excluding steroid dienone is 2. The molecule has 2 heteroatoms. The number of carbonyl (C=O) groups is 1. The molecule has 0 bridgehead atoms. The van der Waals surface area contributed by atoms with Crippen LogP contribution in [-0.2, 0) is 4.79 Å². The van der Waals surface area contributed by atoms with Gasteiger partial charge in [0.1, 0.15) is 0 Å². The zero-order valence-electron chi connectivity index (χ0n) is 15.0. The van der Waals surface area contributed by atoms with Crippen molar-refractivity contribution in [1.29, 1.82) is 0 Å². The molecule has 0 rings (SSSR count). The van der Waals surface area contributed by atoms with E-state index >= 15 is 0 Å². The second kappa shape index (κ2) is 19.9. The number of carboxylic acid groups (broad SMARTS) is 1. The topological polar surface area (TPSA) is 37.3 Å². The van der Waals surface area contributed by atoms with Crippen LogP contribution in [0.1, 0.15) is 90.9 Å². The molecule has 0 aliphatic heterocycles. The largest absolute Gasteiger partial charge is 0.481 e. The highest BCUT2D eigenvalue weighted by Gasteiger charge is 2.09. The third-order valence-electron chi connectivity index (χ3n) is 3.73. The quantitative estimate of drug-likeness (QED) is 0.284. The van der Waals surface area contributed by atoms with Crippen molar-refractivity contribution in [1.82, 2.24) is 0 Å². The Labute approximate surface area is 138 Å². The first-order chi connectivity index (χ1) is 10.6. The molecule has 0 aliphatic carbocycles. The Hall–Kier alpha value is -1.05. The summed E-state index contributed by atoms with van der Waals surface area (Å²) in [5.74, 6) is -0.847. The maximum atomic E-state index is 10.5. The molecule has 1 unspecified atom stereocenters. The summed E-state index contributed by atoms with van der Waals surface area (Å²) in [5.41, 5.74) is 0. The second-order valence-electron chi connectivity index (χ2n) is 6.01. The number of rotatable bonds is 14. The van der Waals surface area contributed by atoms with E-state index in [2.05, 4.69) is 20.1 Å². The minimum atomic E-state index is -0.670. The van der Waals surface area contributed by atoms with Gasteiger partial charge in [0.05, 0.1) is 5.92 Å². The van der Waals surface area contributed by atoms with Crippen LogP contribution in [0.5, 0.6) is 0 Å². The Morgan fingerprint density at radius 2 is 1.36 bits per heavy atom. The van der Waals surface area contributed by atoms with Gasteiger partial charge in [0.15, 0.2) is 0 Å². The molecular formula is C20H38O2. The van der Waals surface area contributed by atoms with Crippen molar-refractivity contribution in [3.05, 3.63) is 25.3 Å².